The lowest BCUT2D eigenvalue weighted by molar-refractivity contribution is 0.661. The Kier molecular flexibility index (Phi) is 9.23. The van der Waals surface area contributed by atoms with Crippen LogP contribution in [0.2, 0.25) is 0 Å². The van der Waals surface area contributed by atoms with Gasteiger partial charge in [-0.25, -0.2) is 4.98 Å². The van der Waals surface area contributed by atoms with Crippen molar-refractivity contribution >= 4 is 32.6 Å². The van der Waals surface area contributed by atoms with Crippen molar-refractivity contribution in [2.24, 2.45) is 0 Å². The highest BCUT2D eigenvalue weighted by molar-refractivity contribution is 6.22. The number of fused-ring (bicyclic) bond motifs is 6. The van der Waals surface area contributed by atoms with E-state index in [0.29, 0.717) is 0 Å². The molecule has 0 spiro atoms. The zero-order valence-corrected chi connectivity index (χ0v) is 38.0. The number of aromatic nitrogens is 2. The van der Waals surface area contributed by atoms with E-state index in [9.17, 15) is 0 Å². The number of benzene rings is 11. The topological polar surface area (TPSA) is 17.8 Å². The molecule has 320 valence electrons. The minimum Gasteiger partial charge on any atom is -0.292 e. The molecule has 0 aliphatic heterocycles. The Hall–Kier alpha value is -8.59. The summed E-state index contributed by atoms with van der Waals surface area (Å²) in [6.45, 7) is 4.82. The molecule has 1 aliphatic rings. The summed E-state index contributed by atoms with van der Waals surface area (Å²) in [5.41, 5.74) is 21.5. The molecule has 0 atom stereocenters. The monoisotopic (exact) mass is 866 g/mol. The summed E-state index contributed by atoms with van der Waals surface area (Å²) in [6.07, 6.45) is 0. The molecule has 0 amide bonds. The number of hydrogen-bond donors (Lipinski definition) is 0. The molecule has 1 aliphatic carbocycles. The van der Waals surface area contributed by atoms with Crippen LogP contribution in [-0.4, -0.2) is 9.55 Å². The molecule has 1 aromatic heterocycles. The molecule has 11 aromatic carbocycles. The van der Waals surface area contributed by atoms with Gasteiger partial charge in [0.05, 0.1) is 11.0 Å². The Balaban J connectivity index is 0.983. The number of para-hydroxylation sites is 3. The molecule has 2 heteroatoms. The molecule has 68 heavy (non-hydrogen) atoms. The van der Waals surface area contributed by atoms with Crippen molar-refractivity contribution in [2.45, 2.75) is 19.3 Å². The lowest BCUT2D eigenvalue weighted by atomic mass is 9.79. The van der Waals surface area contributed by atoms with Crippen LogP contribution < -0.4 is 0 Å². The first-order valence-corrected chi connectivity index (χ1v) is 23.6. The smallest absolute Gasteiger partial charge is 0.145 e. The first-order valence-electron chi connectivity index (χ1n) is 23.6. The van der Waals surface area contributed by atoms with Crippen LogP contribution in [0.4, 0.5) is 0 Å². The Morgan fingerprint density at radius 2 is 0.779 bits per heavy atom. The molecular formula is C66H46N2. The quantitative estimate of drug-likeness (QED) is 0.146. The van der Waals surface area contributed by atoms with Crippen LogP contribution in [0.25, 0.3) is 116 Å². The molecular weight excluding hydrogens is 821 g/mol. The highest BCUT2D eigenvalue weighted by atomic mass is 15.1. The fourth-order valence-electron chi connectivity index (χ4n) is 11.0. The molecule has 0 fully saturated rings. The van der Waals surface area contributed by atoms with Crippen LogP contribution in [0, 0.1) is 0 Å². The third kappa shape index (κ3) is 6.44. The van der Waals surface area contributed by atoms with E-state index in [0.717, 1.165) is 28.1 Å². The van der Waals surface area contributed by atoms with Gasteiger partial charge in [-0.3, -0.25) is 4.57 Å². The lowest BCUT2D eigenvalue weighted by Gasteiger charge is -2.24. The van der Waals surface area contributed by atoms with Crippen LogP contribution in [0.1, 0.15) is 25.0 Å². The number of imidazole rings is 1. The van der Waals surface area contributed by atoms with Crippen molar-refractivity contribution < 1.29 is 0 Å². The van der Waals surface area contributed by atoms with Gasteiger partial charge < -0.3 is 0 Å². The first kappa shape index (κ1) is 39.7. The maximum absolute atomic E-state index is 5.14. The van der Waals surface area contributed by atoms with Gasteiger partial charge in [0, 0.05) is 16.7 Å². The van der Waals surface area contributed by atoms with E-state index < -0.39 is 0 Å². The van der Waals surface area contributed by atoms with Crippen LogP contribution in [-0.2, 0) is 5.41 Å². The van der Waals surface area contributed by atoms with E-state index >= 15 is 0 Å². The fourth-order valence-corrected chi connectivity index (χ4v) is 11.0. The van der Waals surface area contributed by atoms with Crippen molar-refractivity contribution in [1.82, 2.24) is 9.55 Å². The van der Waals surface area contributed by atoms with E-state index in [1.165, 1.54) is 99.4 Å². The maximum Gasteiger partial charge on any atom is 0.145 e. The molecule has 2 nitrogen and oxygen atoms in total. The Labute approximate surface area is 397 Å². The molecule has 1 heterocycles. The zero-order valence-electron chi connectivity index (χ0n) is 38.0. The highest BCUT2D eigenvalue weighted by Crippen LogP contribution is 2.54. The second-order valence-corrected chi connectivity index (χ2v) is 18.7. The summed E-state index contributed by atoms with van der Waals surface area (Å²) in [5, 5.41) is 5.04. The number of hydrogen-bond acceptors (Lipinski definition) is 1. The van der Waals surface area contributed by atoms with E-state index in [-0.39, 0.29) is 5.41 Å². The molecule has 13 rings (SSSR count). The van der Waals surface area contributed by atoms with Gasteiger partial charge in [-0.05, 0) is 154 Å². The molecule has 12 aromatic rings. The minimum absolute atomic E-state index is 0.252. The summed E-state index contributed by atoms with van der Waals surface area (Å²) < 4.78 is 2.27. The number of rotatable bonds is 7. The Morgan fingerprint density at radius 1 is 0.324 bits per heavy atom. The Morgan fingerprint density at radius 3 is 1.41 bits per heavy atom. The standard InChI is InChI=1S/C66H46N2/c1-66(2)59-40-49(45-32-34-46(35-33-45)65-67-61-30-14-15-31-62(61)68(65)52-26-10-5-11-27-52)36-37-53(59)56-41-57-58(42-60(56)66)64(51-25-17-23-48(39-51)44-20-8-4-9-21-44)55-29-13-12-28-54(55)63(57)50-24-16-22-47(38-50)43-18-6-3-7-19-43/h3-42H,1-2H3. The Bertz CT molecular complexity index is 3900. The molecule has 0 saturated heterocycles. The van der Waals surface area contributed by atoms with Crippen LogP contribution >= 0.6 is 0 Å². The SMILES string of the molecule is CC1(C)c2cc(-c3ccc(-c4nc5ccccc5n4-c4ccccc4)cc3)ccc2-c2cc3c(-c4cccc(-c5ccccc5)c4)c4ccccc4c(-c4cccc(-c5ccccc5)c4)c3cc21. The summed E-state index contributed by atoms with van der Waals surface area (Å²) in [4.78, 5) is 5.14. The number of nitrogens with zero attached hydrogens (tertiary/aromatic N) is 2. The largest absolute Gasteiger partial charge is 0.292 e. The molecule has 0 N–H and O–H groups in total. The summed E-state index contributed by atoms with van der Waals surface area (Å²) >= 11 is 0. The molecule has 0 saturated carbocycles. The minimum atomic E-state index is -0.252. The van der Waals surface area contributed by atoms with Gasteiger partial charge in [-0.1, -0.05) is 202 Å². The predicted molar refractivity (Wildman–Crippen MR) is 286 cm³/mol. The van der Waals surface area contributed by atoms with Gasteiger partial charge in [0.1, 0.15) is 5.82 Å². The first-order chi connectivity index (χ1) is 33.5. The maximum atomic E-state index is 5.14. The summed E-state index contributed by atoms with van der Waals surface area (Å²) in [5.74, 6) is 0.937. The van der Waals surface area contributed by atoms with E-state index in [2.05, 4.69) is 261 Å². The average molecular weight is 867 g/mol. The van der Waals surface area contributed by atoms with Crippen LogP contribution in [0.15, 0.2) is 243 Å². The van der Waals surface area contributed by atoms with E-state index in [1.807, 2.05) is 0 Å². The third-order valence-corrected chi connectivity index (χ3v) is 14.4. The van der Waals surface area contributed by atoms with Gasteiger partial charge in [-0.15, -0.1) is 0 Å². The van der Waals surface area contributed by atoms with Crippen molar-refractivity contribution in [1.29, 1.82) is 0 Å². The average Bonchev–Trinajstić information content (AvgIpc) is 3.90. The van der Waals surface area contributed by atoms with E-state index in [1.54, 1.807) is 0 Å². The van der Waals surface area contributed by atoms with Crippen molar-refractivity contribution in [3.8, 4) is 83.8 Å². The van der Waals surface area contributed by atoms with Gasteiger partial charge >= 0.3 is 0 Å². The van der Waals surface area contributed by atoms with E-state index in [4.69, 9.17) is 4.98 Å². The molecule has 0 unspecified atom stereocenters. The highest BCUT2D eigenvalue weighted by Gasteiger charge is 2.37. The second-order valence-electron chi connectivity index (χ2n) is 18.7. The molecule has 0 radical (unpaired) electrons. The lowest BCUT2D eigenvalue weighted by Crippen LogP contribution is -2.15. The van der Waals surface area contributed by atoms with Crippen LogP contribution in [0.5, 0.6) is 0 Å². The van der Waals surface area contributed by atoms with Gasteiger partial charge in [0.25, 0.3) is 0 Å². The zero-order chi connectivity index (χ0) is 45.3. The van der Waals surface area contributed by atoms with Gasteiger partial charge in [-0.2, -0.15) is 0 Å². The van der Waals surface area contributed by atoms with Gasteiger partial charge in [0.15, 0.2) is 0 Å². The fraction of sp³-hybridized carbons (Fsp3) is 0.0455. The third-order valence-electron chi connectivity index (χ3n) is 14.4. The van der Waals surface area contributed by atoms with Crippen molar-refractivity contribution in [3.63, 3.8) is 0 Å². The normalized spacial score (nSPS) is 12.7. The second kappa shape index (κ2) is 15.8. The summed E-state index contributed by atoms with van der Waals surface area (Å²) in [6, 6.07) is 88.9. The molecule has 0 bridgehead atoms. The predicted octanol–water partition coefficient (Wildman–Crippen LogP) is 17.6. The van der Waals surface area contributed by atoms with Crippen LogP contribution in [0.3, 0.4) is 0 Å². The van der Waals surface area contributed by atoms with Gasteiger partial charge in [0.2, 0.25) is 0 Å². The van der Waals surface area contributed by atoms with Crippen molar-refractivity contribution in [3.05, 3.63) is 254 Å². The van der Waals surface area contributed by atoms with Crippen molar-refractivity contribution in [2.75, 3.05) is 0 Å². The summed E-state index contributed by atoms with van der Waals surface area (Å²) in [7, 11) is 0.